The van der Waals surface area contributed by atoms with Gasteiger partial charge in [0.05, 0.1) is 44.2 Å². The van der Waals surface area contributed by atoms with Gasteiger partial charge < -0.3 is 28.4 Å². The molecule has 2 saturated heterocycles. The van der Waals surface area contributed by atoms with Gasteiger partial charge in [0.2, 0.25) is 0 Å². The Balaban J connectivity index is 1.54. The number of methoxy groups -OCH3 is 1. The maximum Gasteiger partial charge on any atom is 0.333 e. The summed E-state index contributed by atoms with van der Waals surface area (Å²) < 4.78 is 36.4. The Morgan fingerprint density at radius 3 is 2.43 bits per heavy atom. The number of allylic oxidation sites excluding steroid dienone is 2. The Kier molecular flexibility index (Phi) is 7.43. The first-order valence-electron chi connectivity index (χ1n) is 15.7. The van der Waals surface area contributed by atoms with Crippen LogP contribution in [0.1, 0.15) is 67.7 Å². The minimum Gasteiger partial charge on any atom is -0.469 e. The van der Waals surface area contributed by atoms with Gasteiger partial charge in [-0.25, -0.2) is 4.79 Å². The van der Waals surface area contributed by atoms with Crippen molar-refractivity contribution in [1.82, 2.24) is 0 Å². The van der Waals surface area contributed by atoms with E-state index in [-0.39, 0.29) is 42.7 Å². The topological polar surface area (TPSA) is 124 Å². The van der Waals surface area contributed by atoms with Gasteiger partial charge in [-0.15, -0.1) is 0 Å². The van der Waals surface area contributed by atoms with Crippen LogP contribution < -0.4 is 0 Å². The minimum atomic E-state index is -0.800. The average Bonchev–Trinajstić information content (AvgIpc) is 3.71. The fourth-order valence-electron chi connectivity index (χ4n) is 10.3. The van der Waals surface area contributed by atoms with Gasteiger partial charge in [0.1, 0.15) is 12.2 Å². The molecule has 12 unspecified atom stereocenters. The van der Waals surface area contributed by atoms with E-state index in [1.165, 1.54) is 20.3 Å². The lowest BCUT2D eigenvalue weighted by Crippen LogP contribution is -2.71. The molecule has 0 spiro atoms. The number of rotatable bonds is 6. The second-order valence-corrected chi connectivity index (χ2v) is 14.2. The standard InChI is InChI=1S/C34H44O10/c1-9-16(2)30(37)44-24-14-23(42-18(4)35)32(5)15-41-27-28(32)33(24,6)22(13-25(36)39-8)34(7)26-17(3)20(12-21(26)43-29(27)34)19-10-11-40-31(19)38/h9-11,19-24,27-29H,12-15H2,1-8H3/b16-9+. The molecule has 44 heavy (non-hydrogen) atoms. The van der Waals surface area contributed by atoms with Crippen LogP contribution in [-0.4, -0.2) is 68.1 Å². The molecule has 3 aliphatic carbocycles. The molecule has 2 saturated carbocycles. The van der Waals surface area contributed by atoms with E-state index in [0.717, 1.165) is 11.1 Å². The number of hydrogen-bond donors (Lipinski definition) is 0. The highest BCUT2D eigenvalue weighted by molar-refractivity contribution is 5.87. The number of hydrogen-bond acceptors (Lipinski definition) is 10. The van der Waals surface area contributed by atoms with Crippen LogP contribution in [0.5, 0.6) is 0 Å². The third-order valence-corrected chi connectivity index (χ3v) is 12.3. The summed E-state index contributed by atoms with van der Waals surface area (Å²) in [6.45, 7) is 13.6. The van der Waals surface area contributed by atoms with Gasteiger partial charge in [-0.1, -0.05) is 32.4 Å². The van der Waals surface area contributed by atoms with Crippen molar-refractivity contribution >= 4 is 23.9 Å². The second-order valence-electron chi connectivity index (χ2n) is 14.2. The Morgan fingerprint density at radius 1 is 1.09 bits per heavy atom. The third kappa shape index (κ3) is 4.12. The molecule has 3 heterocycles. The predicted octanol–water partition coefficient (Wildman–Crippen LogP) is 4.22. The first-order valence-corrected chi connectivity index (χ1v) is 15.7. The van der Waals surface area contributed by atoms with Crippen molar-refractivity contribution in [3.63, 3.8) is 0 Å². The summed E-state index contributed by atoms with van der Waals surface area (Å²) in [4.78, 5) is 51.7. The van der Waals surface area contributed by atoms with Crippen molar-refractivity contribution in [2.45, 2.75) is 98.2 Å². The monoisotopic (exact) mass is 612 g/mol. The maximum absolute atomic E-state index is 13.4. The first-order chi connectivity index (χ1) is 20.7. The Labute approximate surface area is 258 Å². The van der Waals surface area contributed by atoms with Crippen LogP contribution in [0.25, 0.3) is 0 Å². The molecule has 0 aromatic rings. The average molecular weight is 613 g/mol. The molecule has 3 aliphatic heterocycles. The van der Waals surface area contributed by atoms with Gasteiger partial charge in [-0.2, -0.15) is 0 Å². The quantitative estimate of drug-likeness (QED) is 0.186. The van der Waals surface area contributed by atoms with Crippen molar-refractivity contribution in [2.24, 2.45) is 39.9 Å². The first kappa shape index (κ1) is 31.0. The van der Waals surface area contributed by atoms with Gasteiger partial charge in [0.15, 0.2) is 0 Å². The molecule has 4 fully saturated rings. The van der Waals surface area contributed by atoms with Crippen LogP contribution in [0.4, 0.5) is 0 Å². The molecule has 0 aromatic carbocycles. The van der Waals surface area contributed by atoms with E-state index in [0.29, 0.717) is 18.6 Å². The number of carbonyl (C=O) groups is 4. The highest BCUT2D eigenvalue weighted by Gasteiger charge is 2.78. The van der Waals surface area contributed by atoms with Crippen LogP contribution in [0, 0.1) is 39.9 Å². The molecule has 240 valence electrons. The lowest BCUT2D eigenvalue weighted by atomic mass is 9.40. The molecule has 12 atom stereocenters. The van der Waals surface area contributed by atoms with Crippen molar-refractivity contribution < 1.29 is 47.6 Å². The summed E-state index contributed by atoms with van der Waals surface area (Å²) in [5.74, 6) is -2.66. The molecule has 0 amide bonds. The molecule has 0 radical (unpaired) electrons. The lowest BCUT2D eigenvalue weighted by molar-refractivity contribution is -0.251. The number of carbonyl (C=O) groups excluding carboxylic acids is 4. The molecule has 6 rings (SSSR count). The van der Waals surface area contributed by atoms with Crippen molar-refractivity contribution in [1.29, 1.82) is 0 Å². The lowest BCUT2D eigenvalue weighted by Gasteiger charge is -2.65. The number of ether oxygens (including phenoxy) is 6. The molecular weight excluding hydrogens is 568 g/mol. The normalized spacial score (nSPS) is 45.4. The van der Waals surface area contributed by atoms with E-state index in [9.17, 15) is 19.2 Å². The molecule has 0 bridgehead atoms. The Bertz CT molecular complexity index is 1380. The van der Waals surface area contributed by atoms with Crippen LogP contribution in [-0.2, 0) is 47.6 Å². The highest BCUT2D eigenvalue weighted by Crippen LogP contribution is 2.74. The number of esters is 4. The Morgan fingerprint density at radius 2 is 1.82 bits per heavy atom. The van der Waals surface area contributed by atoms with Gasteiger partial charge in [-0.3, -0.25) is 14.4 Å². The van der Waals surface area contributed by atoms with Gasteiger partial charge in [0, 0.05) is 47.5 Å². The van der Waals surface area contributed by atoms with E-state index in [4.69, 9.17) is 28.4 Å². The van der Waals surface area contributed by atoms with E-state index in [2.05, 4.69) is 27.7 Å². The van der Waals surface area contributed by atoms with Crippen molar-refractivity contribution in [2.75, 3.05) is 13.7 Å². The van der Waals surface area contributed by atoms with E-state index < -0.39 is 64.4 Å². The number of fused-ring (bicyclic) bond motifs is 4. The van der Waals surface area contributed by atoms with E-state index in [1.54, 1.807) is 19.9 Å². The maximum atomic E-state index is 13.4. The van der Waals surface area contributed by atoms with Crippen molar-refractivity contribution in [3.05, 3.63) is 35.1 Å². The molecule has 0 N–H and O–H groups in total. The fourth-order valence-corrected chi connectivity index (χ4v) is 10.3. The molecule has 10 heteroatoms. The molecule has 10 nitrogen and oxygen atoms in total. The zero-order chi connectivity index (χ0) is 31.9. The van der Waals surface area contributed by atoms with Gasteiger partial charge >= 0.3 is 23.9 Å². The predicted molar refractivity (Wildman–Crippen MR) is 155 cm³/mol. The van der Waals surface area contributed by atoms with Crippen LogP contribution >= 0.6 is 0 Å². The summed E-state index contributed by atoms with van der Waals surface area (Å²) in [5, 5.41) is 0. The Hall–Kier alpha value is -2.98. The largest absolute Gasteiger partial charge is 0.469 e. The highest BCUT2D eigenvalue weighted by atomic mass is 16.6. The van der Waals surface area contributed by atoms with E-state index >= 15 is 0 Å². The summed E-state index contributed by atoms with van der Waals surface area (Å²) in [7, 11) is 1.38. The SMILES string of the molecule is C/C=C(\C)C(=O)OC1CC(OC(C)=O)C2(C)COC3C4OC5CC(C6C=COC6=O)C(C)=C5C4(C)C(CC(=O)OC)C1(C)C32. The third-order valence-electron chi connectivity index (χ3n) is 12.3. The summed E-state index contributed by atoms with van der Waals surface area (Å²) >= 11 is 0. The smallest absolute Gasteiger partial charge is 0.333 e. The minimum absolute atomic E-state index is 0.0665. The number of cyclic esters (lactones) is 1. The molecule has 0 aromatic heterocycles. The van der Waals surface area contributed by atoms with Crippen molar-refractivity contribution in [3.8, 4) is 0 Å². The zero-order valence-corrected chi connectivity index (χ0v) is 26.8. The zero-order valence-electron chi connectivity index (χ0n) is 26.8. The fraction of sp³-hybridized carbons (Fsp3) is 0.706. The van der Waals surface area contributed by atoms with E-state index in [1.807, 2.05) is 6.08 Å². The molecular formula is C34H44O10. The van der Waals surface area contributed by atoms with Crippen LogP contribution in [0.15, 0.2) is 35.1 Å². The summed E-state index contributed by atoms with van der Waals surface area (Å²) in [6, 6.07) is 0. The van der Waals surface area contributed by atoms with Gasteiger partial charge in [0.25, 0.3) is 0 Å². The second kappa shape index (κ2) is 10.5. The van der Waals surface area contributed by atoms with Crippen LogP contribution in [0.3, 0.4) is 0 Å². The summed E-state index contributed by atoms with van der Waals surface area (Å²) in [6.07, 6.45) is 3.55. The molecule has 6 aliphatic rings. The summed E-state index contributed by atoms with van der Waals surface area (Å²) in [5.41, 5.74) is 0.490. The van der Waals surface area contributed by atoms with Gasteiger partial charge in [-0.05, 0) is 50.7 Å². The van der Waals surface area contributed by atoms with Crippen LogP contribution in [0.2, 0.25) is 0 Å².